The first-order valence-corrected chi connectivity index (χ1v) is 24.2. The van der Waals surface area contributed by atoms with Gasteiger partial charge in [-0.1, -0.05) is 54.6 Å². The van der Waals surface area contributed by atoms with E-state index in [-0.39, 0.29) is 36.8 Å². The highest BCUT2D eigenvalue weighted by Crippen LogP contribution is 2.60. The molecule has 0 saturated carbocycles. The molecule has 2 aliphatic rings. The van der Waals surface area contributed by atoms with Gasteiger partial charge in [0.15, 0.2) is 5.60 Å². The SMILES string of the molecule is COc1ccc(C(=O)Nc2cccc(CN3C(=O)[C@@]4(O[C@@H](CCn5cc(C(CO)c6ccccc6)nn5)[C@H]([Si](C)(C)F)[C@H]4C)c4cc(NC(=O)c5ccc(OC)cc5)ccc43)c2)cc1. The number of methoxy groups -OCH3 is 2. The maximum Gasteiger partial charge on any atom is 0.264 e. The van der Waals surface area contributed by atoms with Crippen LogP contribution in [-0.2, 0) is 28.2 Å². The van der Waals surface area contributed by atoms with Crippen LogP contribution in [0, 0.1) is 5.92 Å². The number of anilines is 3. The normalized spacial score (nSPS) is 19.6. The molecule has 2 aliphatic heterocycles. The lowest BCUT2D eigenvalue weighted by Gasteiger charge is -2.31. The van der Waals surface area contributed by atoms with Crippen LogP contribution in [-0.4, -0.2) is 73.2 Å². The van der Waals surface area contributed by atoms with Crippen LogP contribution in [0.2, 0.25) is 18.6 Å². The molecular formula is C49H51FN6O7Si. The fourth-order valence-corrected chi connectivity index (χ4v) is 11.8. The molecule has 0 radical (unpaired) electrons. The fraction of sp³-hybridized carbons (Fsp3) is 0.286. The molecule has 1 aromatic heterocycles. The highest BCUT2D eigenvalue weighted by atomic mass is 28.4. The van der Waals surface area contributed by atoms with Crippen molar-refractivity contribution in [3.63, 3.8) is 0 Å². The Labute approximate surface area is 372 Å². The molecule has 1 fully saturated rings. The van der Waals surface area contributed by atoms with Crippen molar-refractivity contribution in [1.82, 2.24) is 15.0 Å². The van der Waals surface area contributed by atoms with Crippen molar-refractivity contribution in [2.45, 2.75) is 62.7 Å². The first kappa shape index (κ1) is 43.9. The van der Waals surface area contributed by atoms with Crippen LogP contribution >= 0.6 is 0 Å². The minimum absolute atomic E-state index is 0.119. The van der Waals surface area contributed by atoms with E-state index in [0.29, 0.717) is 63.9 Å². The number of carbonyl (C=O) groups is 3. The number of benzene rings is 5. The number of amides is 3. The predicted octanol–water partition coefficient (Wildman–Crippen LogP) is 8.34. The molecule has 0 bridgehead atoms. The number of ether oxygens (including phenoxy) is 3. The standard InChI is InChI=1S/C49H51FN6O7Si/c1-31-45(64(4,5)50)44(24-25-55-29-42(53-54-55)40(30-57)33-11-7-6-8-12-33)63-49(31)41-27-37(52-47(59)35-16-21-39(62-3)22-17-35)18-23-43(41)56(48(49)60)28-32-10-9-13-36(26-32)51-46(58)34-14-19-38(61-2)20-15-34/h6-23,26-27,29,31,40,44-45,57H,24-25,28,30H2,1-5H3,(H,51,58)(H,52,59)/t31-,40?,44+,45-,49+/m1/s1. The number of aliphatic hydroxyl groups is 1. The Balaban J connectivity index is 1.11. The van der Waals surface area contributed by atoms with E-state index in [4.69, 9.17) is 14.2 Å². The third kappa shape index (κ3) is 8.66. The summed E-state index contributed by atoms with van der Waals surface area (Å²) in [4.78, 5) is 43.7. The summed E-state index contributed by atoms with van der Waals surface area (Å²) < 4.78 is 36.0. The quantitative estimate of drug-likeness (QED) is 0.0682. The molecule has 3 N–H and O–H groups in total. The van der Waals surface area contributed by atoms with Gasteiger partial charge in [-0.15, -0.1) is 5.10 Å². The van der Waals surface area contributed by atoms with Crippen LogP contribution in [0.15, 0.2) is 128 Å². The predicted molar refractivity (Wildman–Crippen MR) is 244 cm³/mol. The molecule has 3 amide bonds. The maximum absolute atomic E-state index is 16.8. The number of hydrogen-bond donors (Lipinski definition) is 3. The van der Waals surface area contributed by atoms with E-state index in [1.54, 1.807) is 116 Å². The van der Waals surface area contributed by atoms with Crippen LogP contribution in [0.5, 0.6) is 11.5 Å². The maximum atomic E-state index is 16.8. The minimum Gasteiger partial charge on any atom is -0.497 e. The first-order chi connectivity index (χ1) is 30.8. The average molecular weight is 883 g/mol. The summed E-state index contributed by atoms with van der Waals surface area (Å²) in [6.45, 7) is 5.49. The van der Waals surface area contributed by atoms with Gasteiger partial charge < -0.3 is 39.0 Å². The number of carbonyl (C=O) groups excluding carboxylic acids is 3. The second-order valence-electron chi connectivity index (χ2n) is 16.8. The van der Waals surface area contributed by atoms with Crippen LogP contribution in [0.1, 0.15) is 62.4 Å². The zero-order chi connectivity index (χ0) is 45.2. The number of aromatic nitrogens is 3. The molecule has 1 saturated heterocycles. The van der Waals surface area contributed by atoms with E-state index in [1.807, 2.05) is 55.5 Å². The van der Waals surface area contributed by atoms with Crippen LogP contribution in [0.25, 0.3) is 0 Å². The lowest BCUT2D eigenvalue weighted by molar-refractivity contribution is -0.146. The summed E-state index contributed by atoms with van der Waals surface area (Å²) in [5.41, 5.74) is 3.00. The number of nitrogens with one attached hydrogen (secondary N) is 2. The van der Waals surface area contributed by atoms with Crippen LogP contribution in [0.3, 0.4) is 0 Å². The van der Waals surface area contributed by atoms with Gasteiger partial charge in [0.05, 0.1) is 50.8 Å². The summed E-state index contributed by atoms with van der Waals surface area (Å²) >= 11 is 0. The molecule has 5 aromatic carbocycles. The van der Waals surface area contributed by atoms with E-state index in [1.165, 1.54) is 0 Å². The monoisotopic (exact) mass is 882 g/mol. The minimum atomic E-state index is -3.54. The van der Waals surface area contributed by atoms with Crippen molar-refractivity contribution >= 4 is 43.2 Å². The number of rotatable bonds is 15. The van der Waals surface area contributed by atoms with Gasteiger partial charge in [0.1, 0.15) is 11.5 Å². The lowest BCUT2D eigenvalue weighted by atomic mass is 9.82. The Kier molecular flexibility index (Phi) is 12.5. The topological polar surface area (TPSA) is 157 Å². The number of fused-ring (bicyclic) bond motifs is 2. The molecular weight excluding hydrogens is 832 g/mol. The van der Waals surface area contributed by atoms with Crippen molar-refractivity contribution in [3.05, 3.63) is 161 Å². The van der Waals surface area contributed by atoms with E-state index >= 15 is 8.90 Å². The first-order valence-electron chi connectivity index (χ1n) is 21.2. The van der Waals surface area contributed by atoms with Crippen molar-refractivity contribution in [3.8, 4) is 11.5 Å². The van der Waals surface area contributed by atoms with Gasteiger partial charge in [0, 0.05) is 52.3 Å². The number of aryl methyl sites for hydroxylation is 1. The van der Waals surface area contributed by atoms with Crippen LogP contribution < -0.4 is 25.0 Å². The molecule has 15 heteroatoms. The summed E-state index contributed by atoms with van der Waals surface area (Å²) in [5.74, 6) is -0.733. The van der Waals surface area contributed by atoms with Gasteiger partial charge in [-0.25, -0.2) is 0 Å². The van der Waals surface area contributed by atoms with Crippen molar-refractivity contribution in [2.24, 2.45) is 5.92 Å². The molecule has 1 spiro atoms. The number of hydrogen-bond acceptors (Lipinski definition) is 9. The average Bonchev–Trinajstić information content (AvgIpc) is 3.96. The second-order valence-corrected chi connectivity index (χ2v) is 20.6. The molecule has 1 unspecified atom stereocenters. The molecule has 0 aliphatic carbocycles. The zero-order valence-electron chi connectivity index (χ0n) is 36.3. The van der Waals surface area contributed by atoms with Crippen molar-refractivity contribution in [2.75, 3.05) is 36.4 Å². The molecule has 13 nitrogen and oxygen atoms in total. The number of aliphatic hydroxyl groups excluding tert-OH is 1. The van der Waals surface area contributed by atoms with Crippen molar-refractivity contribution in [1.29, 1.82) is 0 Å². The van der Waals surface area contributed by atoms with Crippen LogP contribution in [0.4, 0.5) is 21.2 Å². The van der Waals surface area contributed by atoms with E-state index in [9.17, 15) is 14.7 Å². The Morgan fingerprint density at radius 3 is 2.08 bits per heavy atom. The van der Waals surface area contributed by atoms with Gasteiger partial charge in [0.2, 0.25) is 8.41 Å². The van der Waals surface area contributed by atoms with Gasteiger partial charge in [-0.2, -0.15) is 0 Å². The van der Waals surface area contributed by atoms with E-state index in [0.717, 1.165) is 11.1 Å². The lowest BCUT2D eigenvalue weighted by Crippen LogP contribution is -2.45. The summed E-state index contributed by atoms with van der Waals surface area (Å²) in [6.07, 6.45) is 1.45. The molecule has 6 aromatic rings. The van der Waals surface area contributed by atoms with Gasteiger partial charge >= 0.3 is 0 Å². The number of nitrogens with zero attached hydrogens (tertiary/aromatic N) is 4. The van der Waals surface area contributed by atoms with Crippen molar-refractivity contribution < 1.29 is 37.8 Å². The van der Waals surface area contributed by atoms with E-state index in [2.05, 4.69) is 20.9 Å². The van der Waals surface area contributed by atoms with E-state index < -0.39 is 31.6 Å². The molecule has 3 heterocycles. The summed E-state index contributed by atoms with van der Waals surface area (Å²) in [5, 5.41) is 24.9. The number of halogens is 1. The van der Waals surface area contributed by atoms with Gasteiger partial charge in [-0.05, 0) is 110 Å². The third-order valence-electron chi connectivity index (χ3n) is 12.4. The highest BCUT2D eigenvalue weighted by Gasteiger charge is 2.66. The molecule has 330 valence electrons. The Bertz CT molecular complexity index is 2640. The van der Waals surface area contributed by atoms with Gasteiger partial charge in [0.25, 0.3) is 17.7 Å². The molecule has 64 heavy (non-hydrogen) atoms. The Hall–Kier alpha value is -6.68. The largest absolute Gasteiger partial charge is 0.497 e. The zero-order valence-corrected chi connectivity index (χ0v) is 37.3. The molecule has 8 rings (SSSR count). The fourth-order valence-electron chi connectivity index (χ4n) is 9.27. The second kappa shape index (κ2) is 18.2. The highest BCUT2D eigenvalue weighted by molar-refractivity contribution is 6.72. The van der Waals surface area contributed by atoms with Gasteiger partial charge in [-0.3, -0.25) is 19.1 Å². The Morgan fingerprint density at radius 1 is 0.859 bits per heavy atom. The molecule has 5 atom stereocenters. The third-order valence-corrected chi connectivity index (χ3v) is 14.8. The Morgan fingerprint density at radius 2 is 1.48 bits per heavy atom. The summed E-state index contributed by atoms with van der Waals surface area (Å²) in [6, 6.07) is 35.7. The summed E-state index contributed by atoms with van der Waals surface area (Å²) in [7, 11) is -0.429. The smallest absolute Gasteiger partial charge is 0.264 e.